The third-order valence-corrected chi connectivity index (χ3v) is 9.21. The molecule has 0 spiro atoms. The van der Waals surface area contributed by atoms with Gasteiger partial charge in [-0.3, -0.25) is 0 Å². The summed E-state index contributed by atoms with van der Waals surface area (Å²) >= 11 is 0. The van der Waals surface area contributed by atoms with Crippen molar-refractivity contribution in [2.75, 3.05) is 6.54 Å². The standard InChI is InChI=1S/C38H79NO2/c1-2-3-4-5-6-7-8-9-10-13-16-19-22-25-28-32-37(40)34-31-35-38(41)33-29-26-23-20-17-14-11-12-15-18-21-24-27-30-36-39/h37-38,40-41H,2-36,39H2,1H3. The molecule has 0 amide bonds. The molecule has 0 saturated heterocycles. The molecule has 2 atom stereocenters. The maximum absolute atomic E-state index is 10.3. The summed E-state index contributed by atoms with van der Waals surface area (Å²) in [5, 5.41) is 20.6. The molecule has 0 fully saturated rings. The monoisotopic (exact) mass is 582 g/mol. The van der Waals surface area contributed by atoms with Crippen molar-refractivity contribution in [3.8, 4) is 0 Å². The molecule has 0 rings (SSSR count). The Bertz CT molecular complexity index is 418. The van der Waals surface area contributed by atoms with Crippen LogP contribution in [0.3, 0.4) is 0 Å². The van der Waals surface area contributed by atoms with Crippen molar-refractivity contribution in [1.82, 2.24) is 0 Å². The quantitative estimate of drug-likeness (QED) is 0.0644. The van der Waals surface area contributed by atoms with Gasteiger partial charge in [0.15, 0.2) is 0 Å². The maximum atomic E-state index is 10.3. The lowest BCUT2D eigenvalue weighted by Crippen LogP contribution is -2.10. The Morgan fingerprint density at radius 2 is 0.537 bits per heavy atom. The third kappa shape index (κ3) is 36.0. The molecule has 3 nitrogen and oxygen atoms in total. The molecular weight excluding hydrogens is 502 g/mol. The van der Waals surface area contributed by atoms with Gasteiger partial charge < -0.3 is 15.9 Å². The SMILES string of the molecule is CCCCCCCCCCCCCCCCCC(O)CCCC(O)CCCCCCCCCCCCCCCCN. The Hall–Kier alpha value is -0.120. The predicted octanol–water partition coefficient (Wildman–Crippen LogP) is 12.0. The van der Waals surface area contributed by atoms with Crippen LogP contribution < -0.4 is 5.73 Å². The number of aliphatic hydroxyl groups excluding tert-OH is 2. The first kappa shape index (κ1) is 40.9. The minimum Gasteiger partial charge on any atom is -0.393 e. The molecule has 41 heavy (non-hydrogen) atoms. The summed E-state index contributed by atoms with van der Waals surface area (Å²) in [6, 6.07) is 0. The normalized spacial score (nSPS) is 13.2. The van der Waals surface area contributed by atoms with Gasteiger partial charge in [-0.15, -0.1) is 0 Å². The third-order valence-electron chi connectivity index (χ3n) is 9.21. The second-order valence-electron chi connectivity index (χ2n) is 13.5. The highest BCUT2D eigenvalue weighted by atomic mass is 16.3. The zero-order chi connectivity index (χ0) is 29.9. The van der Waals surface area contributed by atoms with Crippen molar-refractivity contribution in [2.24, 2.45) is 5.73 Å². The van der Waals surface area contributed by atoms with Crippen LogP contribution in [-0.2, 0) is 0 Å². The van der Waals surface area contributed by atoms with Crippen LogP contribution in [-0.4, -0.2) is 29.0 Å². The summed E-state index contributed by atoms with van der Waals surface area (Å²) in [5.74, 6) is 0. The summed E-state index contributed by atoms with van der Waals surface area (Å²) in [6.45, 7) is 3.14. The number of hydrogen-bond donors (Lipinski definition) is 3. The van der Waals surface area contributed by atoms with Gasteiger partial charge >= 0.3 is 0 Å². The fourth-order valence-corrected chi connectivity index (χ4v) is 6.27. The van der Waals surface area contributed by atoms with E-state index in [1.54, 1.807) is 0 Å². The second kappa shape index (κ2) is 36.1. The molecular formula is C38H79NO2. The van der Waals surface area contributed by atoms with E-state index in [-0.39, 0.29) is 12.2 Å². The molecule has 3 heteroatoms. The highest BCUT2D eigenvalue weighted by molar-refractivity contribution is 4.62. The number of rotatable bonds is 36. The van der Waals surface area contributed by atoms with Gasteiger partial charge in [-0.25, -0.2) is 0 Å². The van der Waals surface area contributed by atoms with Crippen molar-refractivity contribution in [1.29, 1.82) is 0 Å². The minimum absolute atomic E-state index is 0.162. The number of unbranched alkanes of at least 4 members (excludes halogenated alkanes) is 27. The van der Waals surface area contributed by atoms with Gasteiger partial charge in [-0.2, -0.15) is 0 Å². The molecule has 0 aliphatic heterocycles. The second-order valence-corrected chi connectivity index (χ2v) is 13.5. The van der Waals surface area contributed by atoms with E-state index in [0.717, 1.165) is 51.5 Å². The predicted molar refractivity (Wildman–Crippen MR) is 184 cm³/mol. The topological polar surface area (TPSA) is 66.5 Å². The highest BCUT2D eigenvalue weighted by Gasteiger charge is 2.08. The summed E-state index contributed by atoms with van der Waals surface area (Å²) in [5.41, 5.74) is 5.54. The summed E-state index contributed by atoms with van der Waals surface area (Å²) in [4.78, 5) is 0. The van der Waals surface area contributed by atoms with Crippen LogP contribution >= 0.6 is 0 Å². The van der Waals surface area contributed by atoms with E-state index in [1.807, 2.05) is 0 Å². The molecule has 0 aromatic rings. The Kier molecular flexibility index (Phi) is 36.0. The lowest BCUT2D eigenvalue weighted by atomic mass is 10.00. The van der Waals surface area contributed by atoms with Crippen LogP contribution in [0.4, 0.5) is 0 Å². The molecule has 0 heterocycles. The van der Waals surface area contributed by atoms with Crippen molar-refractivity contribution < 1.29 is 10.2 Å². The fourth-order valence-electron chi connectivity index (χ4n) is 6.27. The van der Waals surface area contributed by atoms with Crippen LogP contribution in [0.25, 0.3) is 0 Å². The van der Waals surface area contributed by atoms with Crippen LogP contribution in [0, 0.1) is 0 Å². The molecule has 0 bridgehead atoms. The van der Waals surface area contributed by atoms with Crippen LogP contribution in [0.2, 0.25) is 0 Å². The largest absolute Gasteiger partial charge is 0.393 e. The van der Waals surface area contributed by atoms with Gasteiger partial charge in [0.2, 0.25) is 0 Å². The van der Waals surface area contributed by atoms with Gasteiger partial charge in [0.05, 0.1) is 12.2 Å². The van der Waals surface area contributed by atoms with Gasteiger partial charge in [-0.05, 0) is 45.1 Å². The summed E-state index contributed by atoms with van der Waals surface area (Å²) in [7, 11) is 0. The molecule has 0 aromatic carbocycles. The molecule has 0 aliphatic rings. The van der Waals surface area contributed by atoms with Gasteiger partial charge in [0.1, 0.15) is 0 Å². The Morgan fingerprint density at radius 1 is 0.317 bits per heavy atom. The van der Waals surface area contributed by atoms with Crippen molar-refractivity contribution >= 4 is 0 Å². The smallest absolute Gasteiger partial charge is 0.0540 e. The van der Waals surface area contributed by atoms with Gasteiger partial charge in [0, 0.05) is 0 Å². The lowest BCUT2D eigenvalue weighted by molar-refractivity contribution is 0.121. The fraction of sp³-hybridized carbons (Fsp3) is 1.00. The first-order valence-electron chi connectivity index (χ1n) is 19.3. The zero-order valence-electron chi connectivity index (χ0n) is 28.4. The van der Waals surface area contributed by atoms with Crippen molar-refractivity contribution in [3.05, 3.63) is 0 Å². The zero-order valence-corrected chi connectivity index (χ0v) is 28.4. The number of hydrogen-bond acceptors (Lipinski definition) is 3. The van der Waals surface area contributed by atoms with Crippen LogP contribution in [0.15, 0.2) is 0 Å². The van der Waals surface area contributed by atoms with E-state index in [2.05, 4.69) is 6.92 Å². The van der Waals surface area contributed by atoms with E-state index in [1.165, 1.54) is 173 Å². The minimum atomic E-state index is -0.164. The Balaban J connectivity index is 3.25. The Labute approximate surface area is 259 Å². The molecule has 2 unspecified atom stereocenters. The molecule has 248 valence electrons. The maximum Gasteiger partial charge on any atom is 0.0540 e. The Morgan fingerprint density at radius 3 is 0.805 bits per heavy atom. The van der Waals surface area contributed by atoms with Gasteiger partial charge in [0.25, 0.3) is 0 Å². The molecule has 0 aliphatic carbocycles. The van der Waals surface area contributed by atoms with Crippen LogP contribution in [0.1, 0.15) is 225 Å². The first-order chi connectivity index (χ1) is 20.2. The first-order valence-corrected chi connectivity index (χ1v) is 19.3. The summed E-state index contributed by atoms with van der Waals surface area (Å²) in [6.07, 6.45) is 43.9. The van der Waals surface area contributed by atoms with E-state index in [9.17, 15) is 10.2 Å². The summed E-state index contributed by atoms with van der Waals surface area (Å²) < 4.78 is 0. The van der Waals surface area contributed by atoms with Crippen molar-refractivity contribution in [2.45, 2.75) is 237 Å². The van der Waals surface area contributed by atoms with Crippen molar-refractivity contribution in [3.63, 3.8) is 0 Å². The lowest BCUT2D eigenvalue weighted by Gasteiger charge is -2.13. The molecule has 0 aromatic heterocycles. The van der Waals surface area contributed by atoms with E-state index in [4.69, 9.17) is 5.73 Å². The van der Waals surface area contributed by atoms with E-state index >= 15 is 0 Å². The number of aliphatic hydroxyl groups is 2. The molecule has 4 N–H and O–H groups in total. The number of nitrogens with two attached hydrogens (primary N) is 1. The van der Waals surface area contributed by atoms with E-state index < -0.39 is 0 Å². The molecule has 0 radical (unpaired) electrons. The highest BCUT2D eigenvalue weighted by Crippen LogP contribution is 2.18. The van der Waals surface area contributed by atoms with E-state index in [0.29, 0.717) is 0 Å². The average Bonchev–Trinajstić information content (AvgIpc) is 2.97. The molecule has 0 saturated carbocycles. The van der Waals surface area contributed by atoms with Gasteiger partial charge in [-0.1, -0.05) is 187 Å². The van der Waals surface area contributed by atoms with Crippen LogP contribution in [0.5, 0.6) is 0 Å². The average molecular weight is 582 g/mol.